The van der Waals surface area contributed by atoms with Crippen LogP contribution in [0.4, 0.5) is 0 Å². The van der Waals surface area contributed by atoms with E-state index in [0.717, 1.165) is 5.56 Å². The van der Waals surface area contributed by atoms with Crippen molar-refractivity contribution in [2.45, 2.75) is 25.0 Å². The Morgan fingerprint density at radius 3 is 2.40 bits per heavy atom. The monoisotopic (exact) mass is 286 g/mol. The highest BCUT2D eigenvalue weighted by Gasteiger charge is 2.61. The minimum Gasteiger partial charge on any atom is -0.352 e. The lowest BCUT2D eigenvalue weighted by Crippen LogP contribution is -2.24. The molecule has 0 aromatic heterocycles. The van der Waals surface area contributed by atoms with Gasteiger partial charge in [-0.25, -0.2) is 0 Å². The topological polar surface area (TPSA) is 29.6 Å². The number of ether oxygens (including phenoxy) is 1. The molecule has 0 bridgehead atoms. The van der Waals surface area contributed by atoms with Crippen molar-refractivity contribution in [3.8, 4) is 0 Å². The Hall–Kier alpha value is -1.64. The summed E-state index contributed by atoms with van der Waals surface area (Å²) in [4.78, 5) is 12.7. The van der Waals surface area contributed by atoms with Crippen LogP contribution in [0.3, 0.4) is 0 Å². The lowest BCUT2D eigenvalue weighted by molar-refractivity contribution is 0.0868. The van der Waals surface area contributed by atoms with Crippen molar-refractivity contribution in [2.24, 2.45) is 0 Å². The summed E-state index contributed by atoms with van der Waals surface area (Å²) in [7, 11) is 0. The largest absolute Gasteiger partial charge is 0.352 e. The third kappa shape index (κ3) is 2.15. The third-order valence-corrected chi connectivity index (χ3v) is 4.06. The highest BCUT2D eigenvalue weighted by Crippen LogP contribution is 2.53. The molecule has 1 heterocycles. The molecule has 3 heteroatoms. The second-order valence-electron chi connectivity index (χ2n) is 4.99. The summed E-state index contributed by atoms with van der Waals surface area (Å²) in [6.07, 6.45) is 0.492. The van der Waals surface area contributed by atoms with E-state index < -0.39 is 5.60 Å². The number of ketones is 1. The molecular formula is C17H15ClO2. The van der Waals surface area contributed by atoms with E-state index in [4.69, 9.17) is 16.3 Å². The summed E-state index contributed by atoms with van der Waals surface area (Å²) in [5, 5.41) is 0.686. The van der Waals surface area contributed by atoms with Crippen molar-refractivity contribution < 1.29 is 9.53 Å². The van der Waals surface area contributed by atoms with Crippen molar-refractivity contribution in [2.75, 3.05) is 0 Å². The Labute approximate surface area is 123 Å². The van der Waals surface area contributed by atoms with Gasteiger partial charge in [0.05, 0.1) is 0 Å². The Morgan fingerprint density at radius 1 is 1.15 bits per heavy atom. The van der Waals surface area contributed by atoms with Gasteiger partial charge >= 0.3 is 0 Å². The van der Waals surface area contributed by atoms with Gasteiger partial charge in [-0.15, -0.1) is 0 Å². The van der Waals surface area contributed by atoms with E-state index in [2.05, 4.69) is 0 Å². The molecule has 2 unspecified atom stereocenters. The van der Waals surface area contributed by atoms with Crippen LogP contribution in [-0.4, -0.2) is 11.4 Å². The molecular weight excluding hydrogens is 272 g/mol. The fourth-order valence-corrected chi connectivity index (χ4v) is 2.71. The Balaban J connectivity index is 1.88. The number of hydrogen-bond acceptors (Lipinski definition) is 2. The van der Waals surface area contributed by atoms with Crippen LogP contribution in [0, 0.1) is 0 Å². The maximum atomic E-state index is 12.7. The molecule has 102 valence electrons. The zero-order valence-corrected chi connectivity index (χ0v) is 11.9. The predicted octanol–water partition coefficient (Wildman–Crippen LogP) is 4.44. The fourth-order valence-electron chi connectivity index (χ4n) is 2.59. The summed E-state index contributed by atoms with van der Waals surface area (Å²) < 4.78 is 5.80. The van der Waals surface area contributed by atoms with E-state index in [1.54, 1.807) is 0 Å². The van der Waals surface area contributed by atoms with Crippen molar-refractivity contribution in [1.29, 1.82) is 0 Å². The quantitative estimate of drug-likeness (QED) is 0.614. The SMILES string of the molecule is CCC1(C(=O)c2ccccc2)OC1c1ccc(Cl)cc1. The maximum Gasteiger partial charge on any atom is 0.197 e. The van der Waals surface area contributed by atoms with Gasteiger partial charge in [-0.05, 0) is 24.1 Å². The predicted molar refractivity (Wildman–Crippen MR) is 79.1 cm³/mol. The molecule has 1 saturated heterocycles. The van der Waals surface area contributed by atoms with Crippen LogP contribution in [0.1, 0.15) is 35.4 Å². The van der Waals surface area contributed by atoms with Crippen LogP contribution in [0.15, 0.2) is 54.6 Å². The third-order valence-electron chi connectivity index (χ3n) is 3.81. The Morgan fingerprint density at radius 2 is 1.80 bits per heavy atom. The number of hydrogen-bond donors (Lipinski definition) is 0. The number of rotatable bonds is 4. The van der Waals surface area contributed by atoms with Crippen molar-refractivity contribution in [3.05, 3.63) is 70.7 Å². The average molecular weight is 287 g/mol. The van der Waals surface area contributed by atoms with Crippen molar-refractivity contribution >= 4 is 17.4 Å². The van der Waals surface area contributed by atoms with Crippen LogP contribution in [0.25, 0.3) is 0 Å². The van der Waals surface area contributed by atoms with Gasteiger partial charge in [0.15, 0.2) is 11.4 Å². The lowest BCUT2D eigenvalue weighted by Gasteiger charge is -2.09. The number of Topliss-reactive ketones (excluding diaryl/α,β-unsaturated/α-hetero) is 1. The molecule has 1 aliphatic heterocycles. The highest BCUT2D eigenvalue weighted by atomic mass is 35.5. The summed E-state index contributed by atoms with van der Waals surface area (Å²) in [6.45, 7) is 1.98. The van der Waals surface area contributed by atoms with E-state index in [1.807, 2.05) is 61.5 Å². The van der Waals surface area contributed by atoms with Crippen molar-refractivity contribution in [1.82, 2.24) is 0 Å². The molecule has 0 radical (unpaired) electrons. The fraction of sp³-hybridized carbons (Fsp3) is 0.235. The molecule has 0 spiro atoms. The molecule has 1 fully saturated rings. The molecule has 20 heavy (non-hydrogen) atoms. The van der Waals surface area contributed by atoms with Gasteiger partial charge in [0, 0.05) is 10.6 Å². The van der Waals surface area contributed by atoms with Gasteiger partial charge in [-0.2, -0.15) is 0 Å². The van der Waals surface area contributed by atoms with E-state index >= 15 is 0 Å². The standard InChI is InChI=1S/C17H15ClO2/c1-2-17(15(19)12-6-4-3-5-7-12)16(20-17)13-8-10-14(18)11-9-13/h3-11,16H,2H2,1H3. The van der Waals surface area contributed by atoms with E-state index in [-0.39, 0.29) is 11.9 Å². The van der Waals surface area contributed by atoms with Gasteiger partial charge in [0.25, 0.3) is 0 Å². The van der Waals surface area contributed by atoms with E-state index in [1.165, 1.54) is 0 Å². The molecule has 0 N–H and O–H groups in total. The van der Waals surface area contributed by atoms with Crippen molar-refractivity contribution in [3.63, 3.8) is 0 Å². The Bertz CT molecular complexity index is 621. The normalized spacial score (nSPS) is 24.4. The first-order chi connectivity index (χ1) is 9.67. The maximum absolute atomic E-state index is 12.7. The summed E-state index contributed by atoms with van der Waals surface area (Å²) in [5.41, 5.74) is 0.987. The summed E-state index contributed by atoms with van der Waals surface area (Å²) >= 11 is 5.89. The minimum absolute atomic E-state index is 0.0561. The molecule has 2 aromatic carbocycles. The van der Waals surface area contributed by atoms with Crippen LogP contribution in [-0.2, 0) is 4.74 Å². The smallest absolute Gasteiger partial charge is 0.197 e. The van der Waals surface area contributed by atoms with Crippen LogP contribution in [0.5, 0.6) is 0 Å². The van der Waals surface area contributed by atoms with Gasteiger partial charge in [-0.3, -0.25) is 4.79 Å². The second kappa shape index (κ2) is 5.04. The van der Waals surface area contributed by atoms with E-state index in [0.29, 0.717) is 17.0 Å². The average Bonchev–Trinajstić information content (AvgIpc) is 3.24. The zero-order chi connectivity index (χ0) is 14.2. The second-order valence-corrected chi connectivity index (χ2v) is 5.42. The summed E-state index contributed by atoms with van der Waals surface area (Å²) in [5.74, 6) is 0.0561. The van der Waals surface area contributed by atoms with Gasteiger partial charge in [-0.1, -0.05) is 61.0 Å². The van der Waals surface area contributed by atoms with Gasteiger partial charge < -0.3 is 4.74 Å². The first kappa shape index (κ1) is 13.3. The minimum atomic E-state index is -0.713. The first-order valence-corrected chi connectivity index (χ1v) is 7.08. The molecule has 0 saturated carbocycles. The first-order valence-electron chi connectivity index (χ1n) is 6.70. The van der Waals surface area contributed by atoms with Crippen LogP contribution in [0.2, 0.25) is 5.02 Å². The molecule has 2 atom stereocenters. The number of carbonyl (C=O) groups is 1. The molecule has 2 aromatic rings. The van der Waals surface area contributed by atoms with Gasteiger partial charge in [0.2, 0.25) is 0 Å². The van der Waals surface area contributed by atoms with Crippen LogP contribution < -0.4 is 0 Å². The number of carbonyl (C=O) groups excluding carboxylic acids is 1. The molecule has 3 rings (SSSR count). The molecule has 0 aliphatic carbocycles. The molecule has 1 aliphatic rings. The van der Waals surface area contributed by atoms with Gasteiger partial charge in [0.1, 0.15) is 6.10 Å². The molecule has 0 amide bonds. The Kier molecular flexibility index (Phi) is 3.36. The highest BCUT2D eigenvalue weighted by molar-refractivity contribution is 6.30. The summed E-state index contributed by atoms with van der Waals surface area (Å²) in [6, 6.07) is 16.8. The molecule has 2 nitrogen and oxygen atoms in total. The zero-order valence-electron chi connectivity index (χ0n) is 11.2. The van der Waals surface area contributed by atoms with Crippen LogP contribution >= 0.6 is 11.6 Å². The number of epoxide rings is 1. The van der Waals surface area contributed by atoms with E-state index in [9.17, 15) is 4.79 Å². The lowest BCUT2D eigenvalue weighted by atomic mass is 9.89. The number of benzene rings is 2. The number of halogens is 1.